The third-order valence-electron chi connectivity index (χ3n) is 2.40. The maximum absolute atomic E-state index is 12.9. The highest BCUT2D eigenvalue weighted by atomic mass is 19.2. The monoisotopic (exact) mass is 306 g/mol. The molecule has 0 fully saturated rings. The predicted octanol–water partition coefficient (Wildman–Crippen LogP) is 1.45. The van der Waals surface area contributed by atoms with Crippen molar-refractivity contribution in [1.82, 2.24) is 5.32 Å². The first-order valence-corrected chi connectivity index (χ1v) is 5.74. The van der Waals surface area contributed by atoms with Gasteiger partial charge in [0.1, 0.15) is 0 Å². The largest absolute Gasteiger partial charge is 0.481 e. The first-order valence-electron chi connectivity index (χ1n) is 5.74. The fraction of sp³-hybridized carbons (Fsp3) is 0.333. The lowest BCUT2D eigenvalue weighted by Crippen LogP contribution is -2.43. The number of amides is 2. The van der Waals surface area contributed by atoms with Gasteiger partial charge in [-0.05, 0) is 6.92 Å². The summed E-state index contributed by atoms with van der Waals surface area (Å²) in [6, 6.07) is 0.215. The summed E-state index contributed by atoms with van der Waals surface area (Å²) in [5.41, 5.74) is -2.02. The van der Waals surface area contributed by atoms with Gasteiger partial charge in [0.2, 0.25) is 0 Å². The number of urea groups is 1. The average molecular weight is 306 g/mol. The number of hydrogen-bond acceptors (Lipinski definition) is 3. The summed E-state index contributed by atoms with van der Waals surface area (Å²) < 4.78 is 38.5. The molecule has 6 nitrogen and oxygen atoms in total. The van der Waals surface area contributed by atoms with Crippen LogP contribution in [-0.2, 0) is 4.79 Å². The highest BCUT2D eigenvalue weighted by Crippen LogP contribution is 2.17. The first-order chi connectivity index (χ1) is 9.60. The molecule has 1 atom stereocenters. The van der Waals surface area contributed by atoms with Crippen molar-refractivity contribution in [1.29, 1.82) is 0 Å². The lowest BCUT2D eigenvalue weighted by atomic mass is 10.0. The Hall–Kier alpha value is -2.29. The van der Waals surface area contributed by atoms with Gasteiger partial charge in [-0.3, -0.25) is 4.79 Å². The molecule has 0 bridgehead atoms. The molecule has 0 aliphatic heterocycles. The van der Waals surface area contributed by atoms with Gasteiger partial charge in [0.15, 0.2) is 17.5 Å². The molecule has 9 heteroatoms. The number of carboxylic acids is 1. The second-order valence-electron chi connectivity index (χ2n) is 4.63. The molecule has 1 rings (SSSR count). The topological polar surface area (TPSA) is 98.7 Å². The van der Waals surface area contributed by atoms with E-state index in [9.17, 15) is 27.9 Å². The number of halogens is 3. The molecule has 0 radical (unpaired) electrons. The second kappa shape index (κ2) is 6.44. The van der Waals surface area contributed by atoms with Crippen LogP contribution in [0.25, 0.3) is 0 Å². The van der Waals surface area contributed by atoms with E-state index < -0.39 is 48.0 Å². The van der Waals surface area contributed by atoms with E-state index in [1.54, 1.807) is 0 Å². The van der Waals surface area contributed by atoms with Crippen molar-refractivity contribution in [3.05, 3.63) is 29.6 Å². The van der Waals surface area contributed by atoms with Crippen LogP contribution in [0.15, 0.2) is 12.1 Å². The molecule has 4 N–H and O–H groups in total. The minimum Gasteiger partial charge on any atom is -0.481 e. The van der Waals surface area contributed by atoms with Crippen molar-refractivity contribution in [3.63, 3.8) is 0 Å². The molecular formula is C12H13F3N2O4. The van der Waals surface area contributed by atoms with Crippen molar-refractivity contribution >= 4 is 17.7 Å². The molecule has 2 amide bonds. The lowest BCUT2D eigenvalue weighted by Gasteiger charge is -2.21. The van der Waals surface area contributed by atoms with Gasteiger partial charge in [-0.2, -0.15) is 0 Å². The molecule has 1 aromatic carbocycles. The van der Waals surface area contributed by atoms with E-state index in [1.807, 2.05) is 5.32 Å². The van der Waals surface area contributed by atoms with Crippen molar-refractivity contribution in [3.8, 4) is 0 Å². The molecule has 0 aromatic heterocycles. The summed E-state index contributed by atoms with van der Waals surface area (Å²) in [7, 11) is 0. The number of carbonyl (C=O) groups is 2. The van der Waals surface area contributed by atoms with Gasteiger partial charge in [-0.1, -0.05) is 0 Å². The van der Waals surface area contributed by atoms with E-state index in [2.05, 4.69) is 5.32 Å². The molecule has 1 aromatic rings. The van der Waals surface area contributed by atoms with Crippen molar-refractivity contribution in [2.75, 3.05) is 11.9 Å². The van der Waals surface area contributed by atoms with Gasteiger partial charge >= 0.3 is 12.0 Å². The molecule has 1 unspecified atom stereocenters. The molecule has 116 valence electrons. The number of benzene rings is 1. The standard InChI is InChI=1S/C12H13F3N2O4/c1-12(21,4-9(18)19)5-16-11(20)17-6-2-7(13)10(15)8(14)3-6/h2-3,21H,4-5H2,1H3,(H,18,19)(H2,16,17,20). The number of rotatable bonds is 5. The summed E-state index contributed by atoms with van der Waals surface area (Å²) in [5.74, 6) is -5.86. The Balaban J connectivity index is 2.60. The average Bonchev–Trinajstić information content (AvgIpc) is 2.32. The Morgan fingerprint density at radius 3 is 2.24 bits per heavy atom. The van der Waals surface area contributed by atoms with Crippen molar-refractivity contribution in [2.24, 2.45) is 0 Å². The molecular weight excluding hydrogens is 293 g/mol. The molecule has 0 heterocycles. The van der Waals surface area contributed by atoms with E-state index in [1.165, 1.54) is 6.92 Å². The van der Waals surface area contributed by atoms with Crippen LogP contribution in [0.2, 0.25) is 0 Å². The van der Waals surface area contributed by atoms with Crippen LogP contribution in [0.4, 0.5) is 23.7 Å². The van der Waals surface area contributed by atoms with Crippen LogP contribution in [0.3, 0.4) is 0 Å². The predicted molar refractivity (Wildman–Crippen MR) is 66.2 cm³/mol. The highest BCUT2D eigenvalue weighted by Gasteiger charge is 2.24. The zero-order valence-electron chi connectivity index (χ0n) is 10.9. The van der Waals surface area contributed by atoms with E-state index in [-0.39, 0.29) is 5.69 Å². The Labute approximate surface area is 117 Å². The summed E-state index contributed by atoms with van der Waals surface area (Å²) in [6.07, 6.45) is -0.604. The number of hydrogen-bond donors (Lipinski definition) is 4. The lowest BCUT2D eigenvalue weighted by molar-refractivity contribution is -0.141. The minimum absolute atomic E-state index is 0.332. The second-order valence-corrected chi connectivity index (χ2v) is 4.63. The van der Waals surface area contributed by atoms with Gasteiger partial charge in [0, 0.05) is 24.4 Å². The Morgan fingerprint density at radius 1 is 1.24 bits per heavy atom. The molecule has 0 spiro atoms. The fourth-order valence-corrected chi connectivity index (χ4v) is 1.46. The van der Waals surface area contributed by atoms with Gasteiger partial charge < -0.3 is 20.8 Å². The summed E-state index contributed by atoms with van der Waals surface area (Å²) in [6.45, 7) is 0.788. The summed E-state index contributed by atoms with van der Waals surface area (Å²) in [4.78, 5) is 21.9. The van der Waals surface area contributed by atoms with Crippen LogP contribution < -0.4 is 10.6 Å². The van der Waals surface area contributed by atoms with Crippen molar-refractivity contribution < 1.29 is 33.0 Å². The quantitative estimate of drug-likeness (QED) is 0.619. The molecule has 0 aliphatic rings. The van der Waals surface area contributed by atoms with Crippen LogP contribution in [0.5, 0.6) is 0 Å². The van der Waals surface area contributed by atoms with E-state index >= 15 is 0 Å². The number of aliphatic carboxylic acids is 1. The van der Waals surface area contributed by atoms with Crippen LogP contribution in [-0.4, -0.2) is 34.4 Å². The number of nitrogens with one attached hydrogen (secondary N) is 2. The van der Waals surface area contributed by atoms with Gasteiger partial charge in [0.05, 0.1) is 12.0 Å². The Bertz CT molecular complexity index is 540. The zero-order chi connectivity index (χ0) is 16.2. The van der Waals surface area contributed by atoms with Gasteiger partial charge in [0.25, 0.3) is 0 Å². The van der Waals surface area contributed by atoms with Gasteiger partial charge in [-0.15, -0.1) is 0 Å². The zero-order valence-corrected chi connectivity index (χ0v) is 10.9. The van der Waals surface area contributed by atoms with Crippen LogP contribution in [0, 0.1) is 17.5 Å². The molecule has 21 heavy (non-hydrogen) atoms. The van der Waals surface area contributed by atoms with Gasteiger partial charge in [-0.25, -0.2) is 18.0 Å². The Morgan fingerprint density at radius 2 is 1.76 bits per heavy atom. The van der Waals surface area contributed by atoms with Crippen LogP contribution in [0.1, 0.15) is 13.3 Å². The number of carbonyl (C=O) groups excluding carboxylic acids is 1. The normalized spacial score (nSPS) is 13.4. The first kappa shape index (κ1) is 16.8. The van der Waals surface area contributed by atoms with E-state index in [4.69, 9.17) is 5.11 Å². The SMILES string of the molecule is CC(O)(CNC(=O)Nc1cc(F)c(F)c(F)c1)CC(=O)O. The van der Waals surface area contributed by atoms with E-state index in [0.29, 0.717) is 12.1 Å². The summed E-state index contributed by atoms with van der Waals surface area (Å²) >= 11 is 0. The molecule has 0 aliphatic carbocycles. The third kappa shape index (κ3) is 5.30. The number of anilines is 1. The smallest absolute Gasteiger partial charge is 0.319 e. The maximum atomic E-state index is 12.9. The summed E-state index contributed by atoms with van der Waals surface area (Å²) in [5, 5.41) is 22.3. The van der Waals surface area contributed by atoms with Crippen LogP contribution >= 0.6 is 0 Å². The minimum atomic E-state index is -1.69. The number of carboxylic acid groups (broad SMARTS) is 1. The highest BCUT2D eigenvalue weighted by molar-refractivity contribution is 5.89. The number of aliphatic hydroxyl groups is 1. The molecule has 0 saturated carbocycles. The maximum Gasteiger partial charge on any atom is 0.319 e. The Kier molecular flexibility index (Phi) is 5.14. The van der Waals surface area contributed by atoms with Crippen molar-refractivity contribution in [2.45, 2.75) is 18.9 Å². The van der Waals surface area contributed by atoms with E-state index in [0.717, 1.165) is 0 Å². The fourth-order valence-electron chi connectivity index (χ4n) is 1.46. The molecule has 0 saturated heterocycles. The third-order valence-corrected chi connectivity index (χ3v) is 2.40.